The second-order valence-electron chi connectivity index (χ2n) is 12.1. The fourth-order valence-electron chi connectivity index (χ4n) is 6.50. The summed E-state index contributed by atoms with van der Waals surface area (Å²) in [6, 6.07) is 60.6. The van der Waals surface area contributed by atoms with E-state index >= 15 is 0 Å². The second kappa shape index (κ2) is 12.2. The van der Waals surface area contributed by atoms with Crippen molar-refractivity contribution in [1.82, 2.24) is 15.0 Å². The molecule has 9 aromatic rings. The van der Waals surface area contributed by atoms with Gasteiger partial charge in [-0.25, -0.2) is 15.0 Å². The van der Waals surface area contributed by atoms with Gasteiger partial charge in [-0.15, -0.1) is 0 Å². The number of fused-ring (bicyclic) bond motifs is 3. The highest BCUT2D eigenvalue weighted by Crippen LogP contribution is 2.39. The highest BCUT2D eigenvalue weighted by molar-refractivity contribution is 6.13. The third-order valence-electron chi connectivity index (χ3n) is 8.95. The first-order valence-electron chi connectivity index (χ1n) is 16.4. The molecule has 7 aromatic carbocycles. The lowest BCUT2D eigenvalue weighted by molar-refractivity contribution is 0.669. The largest absolute Gasteiger partial charge is 0.456 e. The Bertz CT molecular complexity index is 2520. The van der Waals surface area contributed by atoms with Gasteiger partial charge < -0.3 is 4.42 Å². The van der Waals surface area contributed by atoms with E-state index in [1.807, 2.05) is 78.9 Å². The van der Waals surface area contributed by atoms with E-state index in [0.29, 0.717) is 17.5 Å². The molecule has 49 heavy (non-hydrogen) atoms. The lowest BCUT2D eigenvalue weighted by atomic mass is 9.95. The molecule has 9 rings (SSSR count). The molecule has 0 N–H and O–H groups in total. The fraction of sp³-hybridized carbons (Fsp3) is 0. The Morgan fingerprint density at radius 1 is 0.306 bits per heavy atom. The summed E-state index contributed by atoms with van der Waals surface area (Å²) in [5.41, 5.74) is 11.4. The van der Waals surface area contributed by atoms with Crippen LogP contribution in [0.4, 0.5) is 0 Å². The smallest absolute Gasteiger partial charge is 0.164 e. The zero-order valence-corrected chi connectivity index (χ0v) is 26.5. The lowest BCUT2D eigenvalue weighted by Crippen LogP contribution is -2.00. The van der Waals surface area contributed by atoms with Crippen LogP contribution in [0.15, 0.2) is 180 Å². The molecule has 0 aliphatic heterocycles. The zero-order valence-electron chi connectivity index (χ0n) is 26.5. The summed E-state index contributed by atoms with van der Waals surface area (Å²) < 4.78 is 6.51. The molecular weight excluding hydrogens is 599 g/mol. The molecule has 230 valence electrons. The third-order valence-corrected chi connectivity index (χ3v) is 8.95. The van der Waals surface area contributed by atoms with Crippen LogP contribution in [0.1, 0.15) is 0 Å². The highest BCUT2D eigenvalue weighted by atomic mass is 16.3. The van der Waals surface area contributed by atoms with Crippen molar-refractivity contribution < 1.29 is 4.42 Å². The van der Waals surface area contributed by atoms with E-state index in [9.17, 15) is 0 Å². The van der Waals surface area contributed by atoms with E-state index in [2.05, 4.69) is 97.1 Å². The molecule has 0 aliphatic rings. The average Bonchev–Trinajstić information content (AvgIpc) is 3.57. The van der Waals surface area contributed by atoms with Crippen LogP contribution >= 0.6 is 0 Å². The molecule has 0 aliphatic carbocycles. The minimum atomic E-state index is 0.598. The van der Waals surface area contributed by atoms with Gasteiger partial charge in [-0.2, -0.15) is 0 Å². The third kappa shape index (κ3) is 5.45. The molecule has 0 radical (unpaired) electrons. The second-order valence-corrected chi connectivity index (χ2v) is 12.1. The Hall–Kier alpha value is -6.65. The molecule has 0 saturated carbocycles. The maximum atomic E-state index is 6.51. The van der Waals surface area contributed by atoms with Gasteiger partial charge in [0.25, 0.3) is 0 Å². The van der Waals surface area contributed by atoms with Crippen LogP contribution in [-0.4, -0.2) is 15.0 Å². The van der Waals surface area contributed by atoms with Gasteiger partial charge in [0.1, 0.15) is 11.2 Å². The van der Waals surface area contributed by atoms with E-state index in [-0.39, 0.29) is 0 Å². The van der Waals surface area contributed by atoms with Crippen molar-refractivity contribution in [2.24, 2.45) is 0 Å². The Balaban J connectivity index is 1.11. The Morgan fingerprint density at radius 2 is 0.776 bits per heavy atom. The van der Waals surface area contributed by atoms with E-state index in [1.165, 1.54) is 22.3 Å². The number of hydrogen-bond donors (Lipinski definition) is 0. The molecule has 4 nitrogen and oxygen atoms in total. The summed E-state index contributed by atoms with van der Waals surface area (Å²) in [6.07, 6.45) is 0. The highest BCUT2D eigenvalue weighted by Gasteiger charge is 2.17. The van der Waals surface area contributed by atoms with E-state index < -0.39 is 0 Å². The molecule has 2 aromatic heterocycles. The summed E-state index contributed by atoms with van der Waals surface area (Å²) in [5.74, 6) is 1.86. The first-order chi connectivity index (χ1) is 24.3. The SMILES string of the molecule is c1ccc(-c2ccc(-c3cccc(-c4cccc5oc6cc(-c7nc(-c8ccccc8)nc(-c8ccccc8)n7)ccc6c45)c3)cc2)cc1. The molecular formula is C45H29N3O. The van der Waals surface area contributed by atoms with Crippen LogP contribution in [0.25, 0.3) is 89.5 Å². The van der Waals surface area contributed by atoms with Crippen LogP contribution in [0.3, 0.4) is 0 Å². The fourth-order valence-corrected chi connectivity index (χ4v) is 6.50. The Labute approximate surface area is 284 Å². The van der Waals surface area contributed by atoms with Crippen LogP contribution in [0.2, 0.25) is 0 Å². The van der Waals surface area contributed by atoms with Crippen molar-refractivity contribution in [3.63, 3.8) is 0 Å². The van der Waals surface area contributed by atoms with Gasteiger partial charge >= 0.3 is 0 Å². The van der Waals surface area contributed by atoms with E-state index in [1.54, 1.807) is 0 Å². The number of nitrogens with zero attached hydrogens (tertiary/aromatic N) is 3. The number of benzene rings is 7. The van der Waals surface area contributed by atoms with Crippen LogP contribution in [-0.2, 0) is 0 Å². The quantitative estimate of drug-likeness (QED) is 0.184. The number of furan rings is 1. The van der Waals surface area contributed by atoms with Gasteiger partial charge in [0.05, 0.1) is 0 Å². The molecule has 4 heteroatoms. The molecule has 0 fully saturated rings. The average molecular weight is 628 g/mol. The normalized spacial score (nSPS) is 11.3. The lowest BCUT2D eigenvalue weighted by Gasteiger charge is -2.09. The van der Waals surface area contributed by atoms with Gasteiger partial charge in [-0.1, -0.05) is 152 Å². The monoisotopic (exact) mass is 627 g/mol. The van der Waals surface area contributed by atoms with Gasteiger partial charge in [-0.05, 0) is 57.6 Å². The maximum Gasteiger partial charge on any atom is 0.164 e. The first-order valence-corrected chi connectivity index (χ1v) is 16.4. The molecule has 2 heterocycles. The van der Waals surface area contributed by atoms with E-state index in [0.717, 1.165) is 49.8 Å². The van der Waals surface area contributed by atoms with Crippen LogP contribution in [0, 0.1) is 0 Å². The number of hydrogen-bond acceptors (Lipinski definition) is 4. The van der Waals surface area contributed by atoms with Crippen molar-refractivity contribution in [3.05, 3.63) is 176 Å². The Kier molecular flexibility index (Phi) is 7.10. The van der Waals surface area contributed by atoms with Crippen molar-refractivity contribution >= 4 is 21.9 Å². The minimum absolute atomic E-state index is 0.598. The predicted molar refractivity (Wildman–Crippen MR) is 200 cm³/mol. The van der Waals surface area contributed by atoms with Gasteiger partial charge in [0.15, 0.2) is 17.5 Å². The maximum absolute atomic E-state index is 6.51. The number of rotatable bonds is 6. The summed E-state index contributed by atoms with van der Waals surface area (Å²) in [4.78, 5) is 14.7. The topological polar surface area (TPSA) is 51.8 Å². The standard InChI is InChI=1S/C45H29N3O/c1-4-12-30(13-5-1)31-22-24-32(25-23-31)35-18-10-19-36(28-35)38-20-11-21-40-42(38)39-27-26-37(29-41(39)49-40)45-47-43(33-14-6-2-7-15-33)46-44(48-45)34-16-8-3-9-17-34/h1-29H. The van der Waals surface area contributed by atoms with Crippen molar-refractivity contribution in [2.45, 2.75) is 0 Å². The van der Waals surface area contributed by atoms with Crippen LogP contribution < -0.4 is 0 Å². The van der Waals surface area contributed by atoms with Crippen molar-refractivity contribution in [3.8, 4) is 67.5 Å². The summed E-state index contributed by atoms with van der Waals surface area (Å²) in [6.45, 7) is 0. The van der Waals surface area contributed by atoms with Crippen molar-refractivity contribution in [1.29, 1.82) is 0 Å². The van der Waals surface area contributed by atoms with Crippen molar-refractivity contribution in [2.75, 3.05) is 0 Å². The summed E-state index contributed by atoms with van der Waals surface area (Å²) >= 11 is 0. The van der Waals surface area contributed by atoms with Gasteiger partial charge in [-0.3, -0.25) is 0 Å². The van der Waals surface area contributed by atoms with Gasteiger partial charge in [0.2, 0.25) is 0 Å². The molecule has 0 saturated heterocycles. The van der Waals surface area contributed by atoms with Gasteiger partial charge in [0, 0.05) is 27.5 Å². The predicted octanol–water partition coefficient (Wildman–Crippen LogP) is 11.8. The summed E-state index contributed by atoms with van der Waals surface area (Å²) in [5, 5.41) is 2.14. The minimum Gasteiger partial charge on any atom is -0.456 e. The van der Waals surface area contributed by atoms with Crippen LogP contribution in [0.5, 0.6) is 0 Å². The molecule has 0 unspecified atom stereocenters. The molecule has 0 bridgehead atoms. The zero-order chi connectivity index (χ0) is 32.6. The molecule has 0 amide bonds. The number of aromatic nitrogens is 3. The molecule has 0 spiro atoms. The molecule has 0 atom stereocenters. The van der Waals surface area contributed by atoms with E-state index in [4.69, 9.17) is 19.4 Å². The summed E-state index contributed by atoms with van der Waals surface area (Å²) in [7, 11) is 0. The first kappa shape index (κ1) is 28.6. The Morgan fingerprint density at radius 3 is 1.41 bits per heavy atom.